The molecule has 0 unspecified atom stereocenters. The van der Waals surface area contributed by atoms with Crippen molar-refractivity contribution in [3.8, 4) is 0 Å². The maximum atomic E-state index is 5.77. The number of nitrogens with two attached hydrogens (primary N) is 1. The number of hydrogen-bond donors (Lipinski definition) is 1. The minimum atomic E-state index is -0.134. The molecule has 0 heterocycles. The molecule has 0 saturated carbocycles. The summed E-state index contributed by atoms with van der Waals surface area (Å²) in [5, 5.41) is 0. The fraction of sp³-hybridized carbons (Fsp3) is 1.00. The third-order valence-electron chi connectivity index (χ3n) is 2.17. The quantitative estimate of drug-likeness (QED) is 0.675. The summed E-state index contributed by atoms with van der Waals surface area (Å²) >= 11 is 0. The van der Waals surface area contributed by atoms with Crippen LogP contribution in [0.15, 0.2) is 0 Å². The second-order valence-corrected chi connectivity index (χ2v) is 5.54. The van der Waals surface area contributed by atoms with Gasteiger partial charge in [0.15, 0.2) is 0 Å². The molecule has 86 valence electrons. The molecular weight excluding hydrogens is 178 g/mol. The molecule has 0 aromatic carbocycles. The summed E-state index contributed by atoms with van der Waals surface area (Å²) in [7, 11) is 0. The van der Waals surface area contributed by atoms with E-state index in [0.29, 0.717) is 12.0 Å². The first-order chi connectivity index (χ1) is 6.27. The smallest absolute Gasteiger partial charge is 0.0706 e. The summed E-state index contributed by atoms with van der Waals surface area (Å²) in [6.07, 6.45) is 1.90. The van der Waals surface area contributed by atoms with Crippen LogP contribution >= 0.6 is 0 Å². The van der Waals surface area contributed by atoms with Gasteiger partial charge >= 0.3 is 0 Å². The van der Waals surface area contributed by atoms with Crippen molar-refractivity contribution in [1.82, 2.24) is 0 Å². The second kappa shape index (κ2) is 5.69. The maximum absolute atomic E-state index is 5.77. The highest BCUT2D eigenvalue weighted by molar-refractivity contribution is 4.69. The van der Waals surface area contributed by atoms with Crippen LogP contribution in [0, 0.1) is 5.41 Å². The predicted octanol–water partition coefficient (Wildman–Crippen LogP) is 2.50. The van der Waals surface area contributed by atoms with Crippen molar-refractivity contribution in [3.63, 3.8) is 0 Å². The van der Waals surface area contributed by atoms with Crippen LogP contribution in [0.25, 0.3) is 0 Å². The molecule has 0 saturated heterocycles. The molecule has 0 fully saturated rings. The van der Waals surface area contributed by atoms with Crippen molar-refractivity contribution < 1.29 is 9.57 Å². The van der Waals surface area contributed by atoms with Gasteiger partial charge in [-0.05, 0) is 25.7 Å². The van der Waals surface area contributed by atoms with Crippen LogP contribution in [-0.4, -0.2) is 18.8 Å². The molecule has 2 N–H and O–H groups in total. The molecule has 0 radical (unpaired) electrons. The van der Waals surface area contributed by atoms with E-state index in [2.05, 4.69) is 39.5 Å². The standard InChI is InChI=1S/C11H25NO2/c1-10(2,3)6-8-13-11(4,5)7-9-14-12/h6-9,12H2,1-5H3. The van der Waals surface area contributed by atoms with Crippen LogP contribution in [0.1, 0.15) is 47.5 Å². The van der Waals surface area contributed by atoms with Crippen molar-refractivity contribution in [2.75, 3.05) is 13.2 Å². The Labute approximate surface area is 87.9 Å². The van der Waals surface area contributed by atoms with E-state index in [1.54, 1.807) is 0 Å². The van der Waals surface area contributed by atoms with E-state index in [9.17, 15) is 0 Å². The van der Waals surface area contributed by atoms with Gasteiger partial charge in [-0.15, -0.1) is 0 Å². The summed E-state index contributed by atoms with van der Waals surface area (Å²) in [5.41, 5.74) is 0.199. The Morgan fingerprint density at radius 1 is 0.929 bits per heavy atom. The third-order valence-corrected chi connectivity index (χ3v) is 2.17. The van der Waals surface area contributed by atoms with Crippen molar-refractivity contribution in [3.05, 3.63) is 0 Å². The highest BCUT2D eigenvalue weighted by Crippen LogP contribution is 2.21. The summed E-state index contributed by atoms with van der Waals surface area (Å²) < 4.78 is 5.77. The molecular formula is C11H25NO2. The summed E-state index contributed by atoms with van der Waals surface area (Å²) in [4.78, 5) is 4.54. The van der Waals surface area contributed by atoms with Gasteiger partial charge in [0.2, 0.25) is 0 Å². The van der Waals surface area contributed by atoms with Gasteiger partial charge in [0.05, 0.1) is 12.2 Å². The molecule has 0 spiro atoms. The lowest BCUT2D eigenvalue weighted by atomic mass is 9.93. The zero-order chi connectivity index (χ0) is 11.2. The topological polar surface area (TPSA) is 44.5 Å². The van der Waals surface area contributed by atoms with E-state index >= 15 is 0 Å². The van der Waals surface area contributed by atoms with Crippen LogP contribution in [-0.2, 0) is 9.57 Å². The molecule has 0 atom stereocenters. The lowest BCUT2D eigenvalue weighted by Gasteiger charge is -2.27. The Bertz CT molecular complexity index is 150. The van der Waals surface area contributed by atoms with Crippen LogP contribution in [0.5, 0.6) is 0 Å². The Kier molecular flexibility index (Phi) is 5.64. The summed E-state index contributed by atoms with van der Waals surface area (Å²) in [6, 6.07) is 0. The number of hydrogen-bond acceptors (Lipinski definition) is 3. The van der Waals surface area contributed by atoms with Gasteiger partial charge in [0.25, 0.3) is 0 Å². The normalized spacial score (nSPS) is 13.3. The zero-order valence-corrected chi connectivity index (χ0v) is 10.2. The molecule has 0 aliphatic carbocycles. The fourth-order valence-corrected chi connectivity index (χ4v) is 1.01. The van der Waals surface area contributed by atoms with E-state index in [1.807, 2.05) is 0 Å². The zero-order valence-electron chi connectivity index (χ0n) is 10.2. The fourth-order valence-electron chi connectivity index (χ4n) is 1.01. The van der Waals surface area contributed by atoms with Crippen molar-refractivity contribution in [2.45, 2.75) is 53.1 Å². The van der Waals surface area contributed by atoms with Crippen LogP contribution in [0.2, 0.25) is 0 Å². The van der Waals surface area contributed by atoms with E-state index in [0.717, 1.165) is 19.4 Å². The van der Waals surface area contributed by atoms with Crippen molar-refractivity contribution in [1.29, 1.82) is 0 Å². The molecule has 0 aliphatic heterocycles. The van der Waals surface area contributed by atoms with Crippen LogP contribution < -0.4 is 5.90 Å². The molecule has 3 nitrogen and oxygen atoms in total. The number of ether oxygens (including phenoxy) is 1. The summed E-state index contributed by atoms with van der Waals surface area (Å²) in [6.45, 7) is 12.1. The van der Waals surface area contributed by atoms with Crippen molar-refractivity contribution in [2.24, 2.45) is 11.3 Å². The average Bonchev–Trinajstić information content (AvgIpc) is 1.98. The van der Waals surface area contributed by atoms with Crippen LogP contribution in [0.4, 0.5) is 0 Å². The maximum Gasteiger partial charge on any atom is 0.0706 e. The molecule has 0 amide bonds. The Morgan fingerprint density at radius 2 is 1.50 bits per heavy atom. The van der Waals surface area contributed by atoms with Crippen LogP contribution in [0.3, 0.4) is 0 Å². The predicted molar refractivity (Wildman–Crippen MR) is 58.9 cm³/mol. The minimum Gasteiger partial charge on any atom is -0.375 e. The third kappa shape index (κ3) is 8.48. The largest absolute Gasteiger partial charge is 0.375 e. The molecule has 0 rings (SSSR count). The first-order valence-electron chi connectivity index (χ1n) is 5.22. The second-order valence-electron chi connectivity index (χ2n) is 5.54. The Morgan fingerprint density at radius 3 is 1.93 bits per heavy atom. The minimum absolute atomic E-state index is 0.134. The van der Waals surface area contributed by atoms with Crippen molar-refractivity contribution >= 4 is 0 Å². The van der Waals surface area contributed by atoms with Gasteiger partial charge in [0, 0.05) is 13.0 Å². The molecule has 0 aromatic rings. The van der Waals surface area contributed by atoms with Gasteiger partial charge in [-0.25, -0.2) is 5.90 Å². The lowest BCUT2D eigenvalue weighted by molar-refractivity contribution is -0.0487. The molecule has 14 heavy (non-hydrogen) atoms. The van der Waals surface area contributed by atoms with Gasteiger partial charge in [0.1, 0.15) is 0 Å². The van der Waals surface area contributed by atoms with E-state index in [4.69, 9.17) is 10.6 Å². The summed E-state index contributed by atoms with van der Waals surface area (Å²) in [5.74, 6) is 4.98. The van der Waals surface area contributed by atoms with Gasteiger partial charge in [-0.2, -0.15) is 0 Å². The number of rotatable bonds is 6. The average molecular weight is 203 g/mol. The van der Waals surface area contributed by atoms with Gasteiger partial charge in [-0.3, -0.25) is 0 Å². The van der Waals surface area contributed by atoms with Gasteiger partial charge in [-0.1, -0.05) is 20.8 Å². The molecule has 0 aliphatic rings. The first-order valence-corrected chi connectivity index (χ1v) is 5.22. The highest BCUT2D eigenvalue weighted by atomic mass is 16.6. The monoisotopic (exact) mass is 203 g/mol. The Hall–Kier alpha value is -0.120. The van der Waals surface area contributed by atoms with E-state index in [-0.39, 0.29) is 5.60 Å². The van der Waals surface area contributed by atoms with E-state index < -0.39 is 0 Å². The molecule has 0 aromatic heterocycles. The molecule has 3 heteroatoms. The van der Waals surface area contributed by atoms with Gasteiger partial charge < -0.3 is 9.57 Å². The molecule has 0 bridgehead atoms. The first kappa shape index (κ1) is 13.9. The highest BCUT2D eigenvalue weighted by Gasteiger charge is 2.19. The SMILES string of the molecule is CC(C)(C)CCOC(C)(C)CCON. The lowest BCUT2D eigenvalue weighted by Crippen LogP contribution is -2.28. The Balaban J connectivity index is 3.65. The van der Waals surface area contributed by atoms with E-state index in [1.165, 1.54) is 0 Å².